The number of rotatable bonds is 11. The molecule has 0 aliphatic carbocycles. The van der Waals surface area contributed by atoms with E-state index in [2.05, 4.69) is 17.6 Å². The molecule has 0 saturated heterocycles. The molecule has 7 nitrogen and oxygen atoms in total. The topological polar surface area (TPSA) is 87.7 Å². The van der Waals surface area contributed by atoms with Crippen molar-refractivity contribution in [3.63, 3.8) is 0 Å². The largest absolute Gasteiger partial charge is 0.444 e. The van der Waals surface area contributed by atoms with Gasteiger partial charge in [0.2, 0.25) is 11.8 Å². The van der Waals surface area contributed by atoms with E-state index >= 15 is 0 Å². The van der Waals surface area contributed by atoms with Gasteiger partial charge in [0, 0.05) is 18.5 Å². The number of benzene rings is 2. The quantitative estimate of drug-likeness (QED) is 0.365. The highest BCUT2D eigenvalue weighted by molar-refractivity contribution is 5.92. The van der Waals surface area contributed by atoms with Crippen LogP contribution in [0.4, 0.5) is 4.79 Å². The van der Waals surface area contributed by atoms with Crippen LogP contribution in [0, 0.1) is 0 Å². The summed E-state index contributed by atoms with van der Waals surface area (Å²) in [6.07, 6.45) is 2.21. The number of amides is 3. The van der Waals surface area contributed by atoms with Crippen LogP contribution in [-0.2, 0) is 20.7 Å². The van der Waals surface area contributed by atoms with E-state index in [4.69, 9.17) is 4.74 Å². The smallest absolute Gasteiger partial charge is 0.408 e. The van der Waals surface area contributed by atoms with Crippen molar-refractivity contribution in [2.75, 3.05) is 6.54 Å². The Hall–Kier alpha value is -3.35. The second kappa shape index (κ2) is 14.0. The first-order valence-electron chi connectivity index (χ1n) is 13.5. The van der Waals surface area contributed by atoms with Gasteiger partial charge in [-0.05, 0) is 59.1 Å². The molecule has 2 N–H and O–H groups in total. The van der Waals surface area contributed by atoms with E-state index in [-0.39, 0.29) is 18.2 Å². The van der Waals surface area contributed by atoms with Crippen LogP contribution in [0.5, 0.6) is 0 Å². The molecule has 2 rings (SSSR count). The maximum Gasteiger partial charge on any atom is 0.408 e. The fourth-order valence-electron chi connectivity index (χ4n) is 4.14. The summed E-state index contributed by atoms with van der Waals surface area (Å²) in [6, 6.07) is 17.1. The van der Waals surface area contributed by atoms with Crippen molar-refractivity contribution >= 4 is 17.9 Å². The molecule has 3 amide bonds. The molecule has 0 aliphatic heterocycles. The van der Waals surface area contributed by atoms with Gasteiger partial charge in [-0.25, -0.2) is 4.79 Å². The maximum absolute atomic E-state index is 14.3. The third kappa shape index (κ3) is 10.6. The second-order valence-electron chi connectivity index (χ2n) is 11.7. The average molecular weight is 524 g/mol. The van der Waals surface area contributed by atoms with Gasteiger partial charge in [0.25, 0.3) is 0 Å². The molecule has 0 aromatic heterocycles. The van der Waals surface area contributed by atoms with Crippen LogP contribution in [0.2, 0.25) is 0 Å². The number of alkyl carbamates (subject to hydrolysis) is 1. The standard InChI is InChI=1S/C31H45N3O4/c1-8-9-16-21-34(26(24-19-14-11-15-20-24)27(35)33-30(2,3)4)28(36)25(22-23-17-12-10-13-18-23)32-29(37)38-31(5,6)7/h10-15,17-20,25-26H,8-9,16,21-22H2,1-7H3,(H,32,37)(H,33,35). The third-order valence-corrected chi connectivity index (χ3v) is 5.73. The predicted molar refractivity (Wildman–Crippen MR) is 152 cm³/mol. The van der Waals surface area contributed by atoms with E-state index in [1.807, 2.05) is 81.4 Å². The molecule has 208 valence electrons. The molecule has 0 saturated carbocycles. The van der Waals surface area contributed by atoms with Crippen LogP contribution in [0.3, 0.4) is 0 Å². The first kappa shape index (κ1) is 30.9. The lowest BCUT2D eigenvalue weighted by atomic mass is 9.98. The molecule has 0 radical (unpaired) electrons. The first-order valence-corrected chi connectivity index (χ1v) is 13.5. The van der Waals surface area contributed by atoms with Crippen LogP contribution in [-0.4, -0.2) is 46.5 Å². The van der Waals surface area contributed by atoms with Gasteiger partial charge in [0.15, 0.2) is 0 Å². The van der Waals surface area contributed by atoms with Crippen LogP contribution in [0.1, 0.15) is 84.9 Å². The summed E-state index contributed by atoms with van der Waals surface area (Å²) in [5.74, 6) is -0.585. The zero-order valence-electron chi connectivity index (χ0n) is 24.0. The Morgan fingerprint density at radius 3 is 1.97 bits per heavy atom. The van der Waals surface area contributed by atoms with Crippen molar-refractivity contribution in [2.45, 2.75) is 97.4 Å². The Labute approximate surface area is 228 Å². The monoisotopic (exact) mass is 523 g/mol. The molecule has 38 heavy (non-hydrogen) atoms. The number of hydrogen-bond acceptors (Lipinski definition) is 4. The summed E-state index contributed by atoms with van der Waals surface area (Å²) in [5, 5.41) is 5.86. The lowest BCUT2D eigenvalue weighted by molar-refractivity contribution is -0.143. The average Bonchev–Trinajstić information content (AvgIpc) is 2.81. The zero-order chi connectivity index (χ0) is 28.3. The minimum Gasteiger partial charge on any atom is -0.444 e. The van der Waals surface area contributed by atoms with Gasteiger partial charge in [-0.2, -0.15) is 0 Å². The van der Waals surface area contributed by atoms with E-state index < -0.39 is 29.3 Å². The highest BCUT2D eigenvalue weighted by Crippen LogP contribution is 2.25. The SMILES string of the molecule is CCCCCN(C(=O)C(Cc1ccccc1)NC(=O)OC(C)(C)C)C(C(=O)NC(C)(C)C)c1ccccc1. The number of hydrogen-bond donors (Lipinski definition) is 2. The van der Waals surface area contributed by atoms with Crippen molar-refractivity contribution in [3.8, 4) is 0 Å². The molecule has 2 unspecified atom stereocenters. The Kier molecular flexibility index (Phi) is 11.4. The molecule has 2 atom stereocenters. The van der Waals surface area contributed by atoms with Crippen molar-refractivity contribution in [1.29, 1.82) is 0 Å². The Morgan fingerprint density at radius 2 is 1.45 bits per heavy atom. The van der Waals surface area contributed by atoms with Gasteiger partial charge in [0.1, 0.15) is 17.7 Å². The molecule has 0 bridgehead atoms. The summed E-state index contributed by atoms with van der Waals surface area (Å²) in [4.78, 5) is 42.5. The number of unbranched alkanes of at least 4 members (excludes halogenated alkanes) is 2. The minimum absolute atomic E-state index is 0.260. The van der Waals surface area contributed by atoms with Crippen molar-refractivity contribution < 1.29 is 19.1 Å². The fraction of sp³-hybridized carbons (Fsp3) is 0.516. The number of carbonyl (C=O) groups is 3. The van der Waals surface area contributed by atoms with Crippen LogP contribution >= 0.6 is 0 Å². The van der Waals surface area contributed by atoms with Crippen molar-refractivity contribution in [1.82, 2.24) is 15.5 Å². The second-order valence-corrected chi connectivity index (χ2v) is 11.7. The molecular formula is C31H45N3O4. The number of carbonyl (C=O) groups excluding carboxylic acids is 3. The molecule has 2 aromatic carbocycles. The molecule has 7 heteroatoms. The molecule has 0 fully saturated rings. The van der Waals surface area contributed by atoms with Crippen LogP contribution < -0.4 is 10.6 Å². The molecular weight excluding hydrogens is 478 g/mol. The summed E-state index contributed by atoms with van der Waals surface area (Å²) >= 11 is 0. The molecule has 2 aromatic rings. The van der Waals surface area contributed by atoms with E-state index in [9.17, 15) is 14.4 Å². The Bertz CT molecular complexity index is 1030. The van der Waals surface area contributed by atoms with E-state index in [1.165, 1.54) is 0 Å². The summed E-state index contributed by atoms with van der Waals surface area (Å²) in [5.41, 5.74) is 0.408. The van der Waals surface area contributed by atoms with Gasteiger partial charge in [-0.3, -0.25) is 9.59 Å². The fourth-order valence-corrected chi connectivity index (χ4v) is 4.14. The van der Waals surface area contributed by atoms with E-state index in [0.717, 1.165) is 30.4 Å². The minimum atomic E-state index is -0.914. The maximum atomic E-state index is 14.3. The number of nitrogens with zero attached hydrogens (tertiary/aromatic N) is 1. The van der Waals surface area contributed by atoms with E-state index in [1.54, 1.807) is 25.7 Å². The summed E-state index contributed by atoms with van der Waals surface area (Å²) in [7, 11) is 0. The third-order valence-electron chi connectivity index (χ3n) is 5.73. The first-order chi connectivity index (χ1) is 17.8. The van der Waals surface area contributed by atoms with Gasteiger partial charge in [-0.1, -0.05) is 80.4 Å². The predicted octanol–water partition coefficient (Wildman–Crippen LogP) is 5.80. The van der Waals surface area contributed by atoms with E-state index in [0.29, 0.717) is 6.54 Å². The number of ether oxygens (including phenoxy) is 1. The van der Waals surface area contributed by atoms with Gasteiger partial charge >= 0.3 is 6.09 Å². The van der Waals surface area contributed by atoms with Crippen LogP contribution in [0.25, 0.3) is 0 Å². The summed E-state index contributed by atoms with van der Waals surface area (Å²) < 4.78 is 5.49. The van der Waals surface area contributed by atoms with Gasteiger partial charge in [-0.15, -0.1) is 0 Å². The normalized spacial score (nSPS) is 13.2. The Balaban J connectivity index is 2.52. The molecule has 0 spiro atoms. The molecule has 0 aliphatic rings. The Morgan fingerprint density at radius 1 is 0.868 bits per heavy atom. The molecule has 0 heterocycles. The van der Waals surface area contributed by atoms with Gasteiger partial charge < -0.3 is 20.3 Å². The zero-order valence-corrected chi connectivity index (χ0v) is 24.0. The number of nitrogens with one attached hydrogen (secondary N) is 2. The summed E-state index contributed by atoms with van der Waals surface area (Å²) in [6.45, 7) is 13.6. The van der Waals surface area contributed by atoms with Crippen molar-refractivity contribution in [2.24, 2.45) is 0 Å². The highest BCUT2D eigenvalue weighted by Gasteiger charge is 2.37. The highest BCUT2D eigenvalue weighted by atomic mass is 16.6. The van der Waals surface area contributed by atoms with Gasteiger partial charge in [0.05, 0.1) is 0 Å². The van der Waals surface area contributed by atoms with Crippen LogP contribution in [0.15, 0.2) is 60.7 Å². The lowest BCUT2D eigenvalue weighted by Gasteiger charge is -2.36. The lowest BCUT2D eigenvalue weighted by Crippen LogP contribution is -2.55. The van der Waals surface area contributed by atoms with Crippen molar-refractivity contribution in [3.05, 3.63) is 71.8 Å².